The van der Waals surface area contributed by atoms with Crippen LogP contribution in [0.4, 0.5) is 0 Å². The molecule has 0 saturated heterocycles. The number of halogens is 3. The third kappa shape index (κ3) is 3.44. The monoisotopic (exact) mass is 358 g/mol. The molecule has 0 fully saturated rings. The second-order valence-corrected chi connectivity index (χ2v) is 5.54. The zero-order valence-electron chi connectivity index (χ0n) is 10.4. The Kier molecular flexibility index (Phi) is 5.14. The van der Waals surface area contributed by atoms with E-state index < -0.39 is 0 Å². The van der Waals surface area contributed by atoms with Crippen LogP contribution in [0.1, 0.15) is 16.7 Å². The van der Waals surface area contributed by atoms with E-state index in [2.05, 4.69) is 15.9 Å². The highest BCUT2D eigenvalue weighted by molar-refractivity contribution is 9.08. The smallest absolute Gasteiger partial charge is 0.126 e. The van der Waals surface area contributed by atoms with Gasteiger partial charge in [-0.05, 0) is 18.6 Å². The maximum Gasteiger partial charge on any atom is 0.126 e. The van der Waals surface area contributed by atoms with Crippen LogP contribution in [0.2, 0.25) is 10.0 Å². The van der Waals surface area contributed by atoms with Gasteiger partial charge in [0, 0.05) is 16.5 Å². The number of hydrogen-bond donors (Lipinski definition) is 0. The number of para-hydroxylation sites is 1. The van der Waals surface area contributed by atoms with Crippen molar-refractivity contribution in [3.63, 3.8) is 0 Å². The highest BCUT2D eigenvalue weighted by Crippen LogP contribution is 2.29. The van der Waals surface area contributed by atoms with Crippen LogP contribution in [0.5, 0.6) is 5.75 Å². The Hall–Kier alpha value is -0.700. The van der Waals surface area contributed by atoms with Gasteiger partial charge in [0.25, 0.3) is 0 Å². The molecule has 0 aliphatic carbocycles. The molecule has 4 heteroatoms. The number of rotatable bonds is 4. The van der Waals surface area contributed by atoms with Crippen molar-refractivity contribution in [2.24, 2.45) is 0 Å². The van der Waals surface area contributed by atoms with Gasteiger partial charge >= 0.3 is 0 Å². The van der Waals surface area contributed by atoms with Crippen molar-refractivity contribution >= 4 is 39.1 Å². The quantitative estimate of drug-likeness (QED) is 0.629. The summed E-state index contributed by atoms with van der Waals surface area (Å²) < 4.78 is 5.91. The molecule has 1 nitrogen and oxygen atoms in total. The van der Waals surface area contributed by atoms with E-state index in [1.807, 2.05) is 37.3 Å². The van der Waals surface area contributed by atoms with Crippen molar-refractivity contribution in [2.45, 2.75) is 18.9 Å². The van der Waals surface area contributed by atoms with Crippen LogP contribution in [0, 0.1) is 6.92 Å². The van der Waals surface area contributed by atoms with Crippen LogP contribution in [-0.4, -0.2) is 0 Å². The molecule has 0 aliphatic rings. The summed E-state index contributed by atoms with van der Waals surface area (Å²) in [6.45, 7) is 2.44. The van der Waals surface area contributed by atoms with Crippen molar-refractivity contribution in [1.29, 1.82) is 0 Å². The third-order valence-electron chi connectivity index (χ3n) is 2.84. The van der Waals surface area contributed by atoms with Gasteiger partial charge in [-0.15, -0.1) is 0 Å². The Morgan fingerprint density at radius 3 is 2.47 bits per heavy atom. The minimum absolute atomic E-state index is 0.407. The standard InChI is InChI=1S/C15H13BrCl2O/c1-10-4-2-5-11(8-16)15(10)19-9-12-6-3-7-13(17)14(12)18/h2-7H,8-9H2,1H3. The van der Waals surface area contributed by atoms with Crippen LogP contribution in [-0.2, 0) is 11.9 Å². The van der Waals surface area contributed by atoms with Gasteiger partial charge in [-0.25, -0.2) is 0 Å². The fourth-order valence-corrected chi connectivity index (χ4v) is 2.65. The van der Waals surface area contributed by atoms with E-state index in [4.69, 9.17) is 27.9 Å². The Balaban J connectivity index is 2.21. The number of aryl methyl sites for hydroxylation is 1. The molecule has 0 atom stereocenters. The molecule has 0 unspecified atom stereocenters. The minimum Gasteiger partial charge on any atom is -0.488 e. The first kappa shape index (κ1) is 14.7. The SMILES string of the molecule is Cc1cccc(CBr)c1OCc1cccc(Cl)c1Cl. The summed E-state index contributed by atoms with van der Waals surface area (Å²) in [4.78, 5) is 0. The normalized spacial score (nSPS) is 10.5. The van der Waals surface area contributed by atoms with Crippen molar-refractivity contribution in [1.82, 2.24) is 0 Å². The molecule has 2 rings (SSSR count). The summed E-state index contributed by atoms with van der Waals surface area (Å²) in [7, 11) is 0. The maximum atomic E-state index is 6.15. The van der Waals surface area contributed by atoms with E-state index in [9.17, 15) is 0 Å². The second kappa shape index (κ2) is 6.65. The lowest BCUT2D eigenvalue weighted by Gasteiger charge is -2.14. The molecule has 2 aromatic rings. The van der Waals surface area contributed by atoms with Crippen LogP contribution in [0.3, 0.4) is 0 Å². The molecular weight excluding hydrogens is 347 g/mol. The van der Waals surface area contributed by atoms with Crippen LogP contribution < -0.4 is 4.74 Å². The topological polar surface area (TPSA) is 9.23 Å². The molecule has 0 aromatic heterocycles. The zero-order valence-corrected chi connectivity index (χ0v) is 13.5. The summed E-state index contributed by atoms with van der Waals surface area (Å²) in [6, 6.07) is 11.6. The highest BCUT2D eigenvalue weighted by Gasteiger charge is 2.09. The number of benzene rings is 2. The van der Waals surface area contributed by atoms with Crippen molar-refractivity contribution in [3.8, 4) is 5.75 Å². The molecule has 0 amide bonds. The molecule has 0 radical (unpaired) electrons. The molecule has 19 heavy (non-hydrogen) atoms. The van der Waals surface area contributed by atoms with Gasteiger partial charge in [0.05, 0.1) is 10.0 Å². The van der Waals surface area contributed by atoms with E-state index in [-0.39, 0.29) is 0 Å². The summed E-state index contributed by atoms with van der Waals surface area (Å²) in [5, 5.41) is 1.86. The lowest BCUT2D eigenvalue weighted by molar-refractivity contribution is 0.302. The van der Waals surface area contributed by atoms with E-state index in [1.54, 1.807) is 6.07 Å². The van der Waals surface area contributed by atoms with Gasteiger partial charge in [-0.3, -0.25) is 0 Å². The van der Waals surface area contributed by atoms with E-state index in [0.717, 1.165) is 27.8 Å². The molecule has 0 heterocycles. The molecule has 0 aliphatic heterocycles. The van der Waals surface area contributed by atoms with E-state index >= 15 is 0 Å². The van der Waals surface area contributed by atoms with Crippen LogP contribution in [0.15, 0.2) is 36.4 Å². The predicted octanol–water partition coefficient (Wildman–Crippen LogP) is 5.78. The molecule has 0 N–H and O–H groups in total. The number of hydrogen-bond acceptors (Lipinski definition) is 1. The van der Waals surface area contributed by atoms with Crippen molar-refractivity contribution in [2.75, 3.05) is 0 Å². The zero-order chi connectivity index (χ0) is 13.8. The van der Waals surface area contributed by atoms with E-state index in [0.29, 0.717) is 16.7 Å². The number of alkyl halides is 1. The van der Waals surface area contributed by atoms with Gasteiger partial charge in [0.15, 0.2) is 0 Å². The first-order valence-corrected chi connectivity index (χ1v) is 7.71. The predicted molar refractivity (Wildman–Crippen MR) is 84.6 cm³/mol. The molecule has 0 spiro atoms. The molecule has 0 saturated carbocycles. The van der Waals surface area contributed by atoms with Gasteiger partial charge in [-0.1, -0.05) is 69.5 Å². The first-order valence-electron chi connectivity index (χ1n) is 5.83. The highest BCUT2D eigenvalue weighted by atomic mass is 79.9. The molecule has 2 aromatic carbocycles. The van der Waals surface area contributed by atoms with Crippen molar-refractivity contribution < 1.29 is 4.74 Å². The Morgan fingerprint density at radius 1 is 1.05 bits per heavy atom. The molecule has 0 bridgehead atoms. The second-order valence-electron chi connectivity index (χ2n) is 4.20. The Labute approximate surface area is 131 Å². The van der Waals surface area contributed by atoms with Gasteiger partial charge in [0.1, 0.15) is 12.4 Å². The van der Waals surface area contributed by atoms with E-state index in [1.165, 1.54) is 0 Å². The van der Waals surface area contributed by atoms with Gasteiger partial charge in [-0.2, -0.15) is 0 Å². The molecule has 100 valence electrons. The van der Waals surface area contributed by atoms with Crippen molar-refractivity contribution in [3.05, 3.63) is 63.1 Å². The van der Waals surface area contributed by atoms with Gasteiger partial charge in [0.2, 0.25) is 0 Å². The summed E-state index contributed by atoms with van der Waals surface area (Å²) >= 11 is 15.6. The minimum atomic E-state index is 0.407. The average molecular weight is 360 g/mol. The van der Waals surface area contributed by atoms with Crippen LogP contribution >= 0.6 is 39.1 Å². The summed E-state index contributed by atoms with van der Waals surface area (Å²) in [5.74, 6) is 0.899. The summed E-state index contributed by atoms with van der Waals surface area (Å²) in [6.07, 6.45) is 0. The summed E-state index contributed by atoms with van der Waals surface area (Å²) in [5.41, 5.74) is 3.12. The first-order chi connectivity index (χ1) is 9.13. The Bertz CT molecular complexity index is 584. The lowest BCUT2D eigenvalue weighted by Crippen LogP contribution is -2.00. The third-order valence-corrected chi connectivity index (χ3v) is 4.30. The average Bonchev–Trinajstić information content (AvgIpc) is 2.41. The van der Waals surface area contributed by atoms with Gasteiger partial charge < -0.3 is 4.74 Å². The molecular formula is C15H13BrCl2O. The lowest BCUT2D eigenvalue weighted by atomic mass is 10.1. The fraction of sp³-hybridized carbons (Fsp3) is 0.200. The maximum absolute atomic E-state index is 6.15. The Morgan fingerprint density at radius 2 is 1.74 bits per heavy atom. The number of ether oxygens (including phenoxy) is 1. The van der Waals surface area contributed by atoms with Crippen LogP contribution in [0.25, 0.3) is 0 Å². The fourth-order valence-electron chi connectivity index (χ4n) is 1.83. The largest absolute Gasteiger partial charge is 0.488 e.